The number of hydrogen-bond donors (Lipinski definition) is 1. The quantitative estimate of drug-likeness (QED) is 0.242. The molecule has 0 bridgehead atoms. The zero-order valence-electron chi connectivity index (χ0n) is 25.2. The Morgan fingerprint density at radius 2 is 1.62 bits per heavy atom. The fourth-order valence-corrected chi connectivity index (χ4v) is 7.43. The normalized spacial score (nSPS) is 24.1. The number of rotatable bonds is 7. The Hall–Kier alpha value is -3.99. The number of para-hydroxylation sites is 2. The van der Waals surface area contributed by atoms with Gasteiger partial charge in [-0.2, -0.15) is 0 Å². The minimum atomic E-state index is -1.27. The molecule has 3 aromatic carbocycles. The highest BCUT2D eigenvalue weighted by molar-refractivity contribution is 6.17. The van der Waals surface area contributed by atoms with Crippen LogP contribution in [0.25, 0.3) is 5.57 Å². The van der Waals surface area contributed by atoms with Crippen LogP contribution in [0.2, 0.25) is 0 Å². The number of unbranched alkanes of at least 4 members (excludes halogenated alkanes) is 2. The summed E-state index contributed by atoms with van der Waals surface area (Å²) in [4.78, 5) is 46.1. The monoisotopic (exact) mass is 560 g/mol. The van der Waals surface area contributed by atoms with Crippen molar-refractivity contribution in [3.05, 3.63) is 101 Å². The van der Waals surface area contributed by atoms with Crippen LogP contribution in [0.5, 0.6) is 0 Å². The fourth-order valence-electron chi connectivity index (χ4n) is 7.43. The van der Waals surface area contributed by atoms with Gasteiger partial charge in [-0.3, -0.25) is 14.4 Å². The number of amides is 1. The molecule has 216 valence electrons. The summed E-state index contributed by atoms with van der Waals surface area (Å²) < 4.78 is 0. The van der Waals surface area contributed by atoms with Gasteiger partial charge in [-0.25, -0.2) is 0 Å². The number of Topliss-reactive ketones (excluding diaryl/α,β-unsaturated/α-hetero) is 2. The van der Waals surface area contributed by atoms with Crippen molar-refractivity contribution >= 4 is 34.4 Å². The standard InChI is InChI=1S/C37H40N2O3/c1-6-7-8-13-24-18-20-25(21-19-24)33(40)31-32(34(41)36(3,4)5)39-29-17-12-9-14-26(29)23(2)22-30(39)37(31)27-15-10-11-16-28(27)38-35(37)42/h9-12,14-22,30-32H,6-8,13H2,1-5H3,(H,38,42)/t30-,31+,32-,37-/m1/s1. The van der Waals surface area contributed by atoms with Crippen molar-refractivity contribution in [2.75, 3.05) is 10.2 Å². The van der Waals surface area contributed by atoms with E-state index >= 15 is 0 Å². The number of allylic oxidation sites excluding steroid dienone is 1. The largest absolute Gasteiger partial charge is 0.352 e. The number of carbonyl (C=O) groups is 3. The van der Waals surface area contributed by atoms with Gasteiger partial charge in [-0.1, -0.05) is 107 Å². The van der Waals surface area contributed by atoms with Gasteiger partial charge < -0.3 is 10.2 Å². The lowest BCUT2D eigenvalue weighted by Gasteiger charge is -2.39. The molecule has 1 fully saturated rings. The summed E-state index contributed by atoms with van der Waals surface area (Å²) in [5.74, 6) is -1.35. The smallest absolute Gasteiger partial charge is 0.238 e. The molecule has 5 nitrogen and oxygen atoms in total. The third-order valence-corrected chi connectivity index (χ3v) is 9.48. The maximum absolute atomic E-state index is 14.9. The fraction of sp³-hybridized carbons (Fsp3) is 0.378. The second-order valence-corrected chi connectivity index (χ2v) is 13.1. The first kappa shape index (κ1) is 28.1. The third kappa shape index (κ3) is 4.16. The van der Waals surface area contributed by atoms with E-state index in [1.807, 2.05) is 87.5 Å². The minimum Gasteiger partial charge on any atom is -0.352 e. The van der Waals surface area contributed by atoms with Crippen LogP contribution in [0.1, 0.15) is 80.9 Å². The van der Waals surface area contributed by atoms with E-state index in [0.717, 1.165) is 41.6 Å². The highest BCUT2D eigenvalue weighted by atomic mass is 16.2. The lowest BCUT2D eigenvalue weighted by molar-refractivity contribution is -0.128. The molecule has 0 unspecified atom stereocenters. The van der Waals surface area contributed by atoms with Crippen molar-refractivity contribution in [3.63, 3.8) is 0 Å². The predicted molar refractivity (Wildman–Crippen MR) is 169 cm³/mol. The maximum atomic E-state index is 14.9. The maximum Gasteiger partial charge on any atom is 0.238 e. The minimum absolute atomic E-state index is 0.0427. The van der Waals surface area contributed by atoms with Gasteiger partial charge >= 0.3 is 0 Å². The Bertz CT molecular complexity index is 1600. The highest BCUT2D eigenvalue weighted by Crippen LogP contribution is 2.59. The molecule has 1 amide bonds. The molecular formula is C37H40N2O3. The van der Waals surface area contributed by atoms with E-state index in [4.69, 9.17) is 0 Å². The van der Waals surface area contributed by atoms with Crippen molar-refractivity contribution in [3.8, 4) is 0 Å². The number of carbonyl (C=O) groups excluding carboxylic acids is 3. The molecular weight excluding hydrogens is 520 g/mol. The summed E-state index contributed by atoms with van der Waals surface area (Å²) >= 11 is 0. The van der Waals surface area contributed by atoms with Crippen molar-refractivity contribution in [1.29, 1.82) is 0 Å². The van der Waals surface area contributed by atoms with Crippen LogP contribution in [0.3, 0.4) is 0 Å². The van der Waals surface area contributed by atoms with Crippen LogP contribution in [0.15, 0.2) is 78.9 Å². The lowest BCUT2D eigenvalue weighted by Crippen LogP contribution is -2.51. The number of nitrogens with one attached hydrogen (secondary N) is 1. The second-order valence-electron chi connectivity index (χ2n) is 13.1. The molecule has 0 radical (unpaired) electrons. The molecule has 1 N–H and O–H groups in total. The molecule has 5 heteroatoms. The summed E-state index contributed by atoms with van der Waals surface area (Å²) in [6.45, 7) is 9.95. The Balaban J connectivity index is 1.59. The van der Waals surface area contributed by atoms with Gasteiger partial charge in [0.25, 0.3) is 0 Å². The SMILES string of the molecule is CCCCCc1ccc(C(=O)[C@@H]2[C@H](C(=O)C(C)(C)C)N3c4ccccc4C(C)=C[C@@H]3[C@@]23C(=O)Nc2ccccc23)cc1. The lowest BCUT2D eigenvalue weighted by atomic mass is 9.63. The van der Waals surface area contributed by atoms with E-state index in [1.165, 1.54) is 12.0 Å². The van der Waals surface area contributed by atoms with Gasteiger partial charge in [0.05, 0.1) is 12.0 Å². The van der Waals surface area contributed by atoms with Gasteiger partial charge in [-0.15, -0.1) is 0 Å². The molecule has 42 heavy (non-hydrogen) atoms. The Morgan fingerprint density at radius 1 is 0.929 bits per heavy atom. The van der Waals surface area contributed by atoms with E-state index in [9.17, 15) is 14.4 Å². The number of hydrogen-bond acceptors (Lipinski definition) is 4. The van der Waals surface area contributed by atoms with E-state index in [1.54, 1.807) is 0 Å². The molecule has 4 atom stereocenters. The van der Waals surface area contributed by atoms with E-state index in [-0.39, 0.29) is 17.5 Å². The van der Waals surface area contributed by atoms with Gasteiger partial charge in [0.1, 0.15) is 11.5 Å². The van der Waals surface area contributed by atoms with Crippen LogP contribution in [0, 0.1) is 11.3 Å². The molecule has 0 aromatic heterocycles. The number of anilines is 2. The average molecular weight is 561 g/mol. The summed E-state index contributed by atoms with van der Waals surface area (Å²) in [7, 11) is 0. The first-order chi connectivity index (χ1) is 20.1. The summed E-state index contributed by atoms with van der Waals surface area (Å²) in [5.41, 5.74) is 4.17. The van der Waals surface area contributed by atoms with Crippen LogP contribution in [-0.2, 0) is 21.4 Å². The summed E-state index contributed by atoms with van der Waals surface area (Å²) in [6.07, 6.45) is 6.50. The molecule has 0 aliphatic carbocycles. The second kappa shape index (κ2) is 10.4. The van der Waals surface area contributed by atoms with E-state index < -0.39 is 28.8 Å². The molecule has 1 spiro atoms. The third-order valence-electron chi connectivity index (χ3n) is 9.48. The Morgan fingerprint density at radius 3 is 2.33 bits per heavy atom. The molecule has 0 saturated carbocycles. The summed E-state index contributed by atoms with van der Waals surface area (Å²) in [5, 5.41) is 3.12. The van der Waals surface area contributed by atoms with E-state index in [2.05, 4.69) is 36.2 Å². The zero-order valence-corrected chi connectivity index (χ0v) is 25.2. The molecule has 3 heterocycles. The first-order valence-electron chi connectivity index (χ1n) is 15.2. The molecule has 6 rings (SSSR count). The van der Waals surface area contributed by atoms with Gasteiger partial charge in [0, 0.05) is 27.9 Å². The average Bonchev–Trinajstić information content (AvgIpc) is 3.44. The van der Waals surface area contributed by atoms with Crippen LogP contribution in [-0.4, -0.2) is 29.6 Å². The van der Waals surface area contributed by atoms with Crippen molar-refractivity contribution < 1.29 is 14.4 Å². The number of benzene rings is 3. The van der Waals surface area contributed by atoms with Crippen LogP contribution in [0.4, 0.5) is 11.4 Å². The van der Waals surface area contributed by atoms with E-state index in [0.29, 0.717) is 11.3 Å². The van der Waals surface area contributed by atoms with Gasteiger partial charge in [0.15, 0.2) is 11.6 Å². The number of ketones is 2. The van der Waals surface area contributed by atoms with Crippen molar-refractivity contribution in [2.45, 2.75) is 77.8 Å². The molecule has 3 aromatic rings. The molecule has 3 aliphatic heterocycles. The number of aryl methyl sites for hydroxylation is 1. The topological polar surface area (TPSA) is 66.5 Å². The first-order valence-corrected chi connectivity index (χ1v) is 15.2. The number of nitrogens with zero attached hydrogens (tertiary/aromatic N) is 1. The molecule has 3 aliphatic rings. The Kier molecular flexibility index (Phi) is 6.95. The van der Waals surface area contributed by atoms with Gasteiger partial charge in [0.2, 0.25) is 5.91 Å². The highest BCUT2D eigenvalue weighted by Gasteiger charge is 2.71. The van der Waals surface area contributed by atoms with Crippen LogP contribution < -0.4 is 10.2 Å². The zero-order chi connectivity index (χ0) is 29.8. The van der Waals surface area contributed by atoms with Crippen molar-refractivity contribution in [2.24, 2.45) is 11.3 Å². The molecule has 1 saturated heterocycles. The van der Waals surface area contributed by atoms with Crippen molar-refractivity contribution in [1.82, 2.24) is 0 Å². The predicted octanol–water partition coefficient (Wildman–Crippen LogP) is 7.40. The number of fused-ring (bicyclic) bond motifs is 6. The Labute approximate surface area is 249 Å². The summed E-state index contributed by atoms with van der Waals surface area (Å²) in [6, 6.07) is 22.2. The van der Waals surface area contributed by atoms with Gasteiger partial charge in [-0.05, 0) is 48.6 Å². The van der Waals surface area contributed by atoms with Crippen LogP contribution >= 0.6 is 0 Å².